The van der Waals surface area contributed by atoms with E-state index in [4.69, 9.17) is 0 Å². The van der Waals surface area contributed by atoms with E-state index in [1.54, 1.807) is 16.9 Å². The van der Waals surface area contributed by atoms with Crippen molar-refractivity contribution in [3.63, 3.8) is 0 Å². The van der Waals surface area contributed by atoms with Crippen LogP contribution in [0.5, 0.6) is 0 Å². The Morgan fingerprint density at radius 2 is 2.33 bits per heavy atom. The average molecular weight is 322 g/mol. The van der Waals surface area contributed by atoms with Gasteiger partial charge in [-0.3, -0.25) is 9.48 Å². The third-order valence-electron chi connectivity index (χ3n) is 4.31. The van der Waals surface area contributed by atoms with Crippen LogP contribution in [0.1, 0.15) is 35.0 Å². The number of nitrogens with zero attached hydrogens (tertiary/aromatic N) is 4. The Balaban J connectivity index is 1.71. The first-order chi connectivity index (χ1) is 11.8. The zero-order valence-corrected chi connectivity index (χ0v) is 13.4. The summed E-state index contributed by atoms with van der Waals surface area (Å²) in [4.78, 5) is 24.5. The molecule has 0 aliphatic heterocycles. The van der Waals surface area contributed by atoms with Crippen LogP contribution in [-0.2, 0) is 19.4 Å². The largest absolute Gasteiger partial charge is 0.364 e. The molecule has 7 heteroatoms. The molecule has 3 heterocycles. The topological polar surface area (TPSA) is 88.5 Å². The fourth-order valence-electron chi connectivity index (χ4n) is 3.12. The Bertz CT molecular complexity index is 894. The molecule has 0 saturated carbocycles. The monoisotopic (exact) mass is 322 g/mol. The van der Waals surface area contributed by atoms with Gasteiger partial charge in [-0.05, 0) is 31.7 Å². The number of aromatic amines is 1. The van der Waals surface area contributed by atoms with Gasteiger partial charge in [-0.2, -0.15) is 5.10 Å². The summed E-state index contributed by atoms with van der Waals surface area (Å²) in [6.07, 6.45) is 9.80. The van der Waals surface area contributed by atoms with Crippen molar-refractivity contribution < 1.29 is 4.79 Å². The number of nitrogens with one attached hydrogen (secondary N) is 2. The summed E-state index contributed by atoms with van der Waals surface area (Å²) in [5, 5.41) is 7.17. The maximum Gasteiger partial charge on any atom is 0.259 e. The summed E-state index contributed by atoms with van der Waals surface area (Å²) in [7, 11) is 0. The molecular formula is C17H18N6O. The number of H-pyrrole nitrogens is 1. The second-order valence-electron chi connectivity index (χ2n) is 5.82. The number of carbonyl (C=O) groups is 1. The first kappa shape index (κ1) is 14.6. The molecule has 3 aromatic rings. The number of aromatic nitrogens is 5. The third kappa shape index (κ3) is 2.47. The van der Waals surface area contributed by atoms with Crippen LogP contribution in [0.4, 0.5) is 5.82 Å². The van der Waals surface area contributed by atoms with Crippen LogP contribution in [0.3, 0.4) is 0 Å². The SMILES string of the molecule is CCn1ccc(NC(=O)c2c[nH]c3c2-c2ncncc2CCC3)n1. The van der Waals surface area contributed by atoms with Crippen molar-refractivity contribution in [2.75, 3.05) is 5.32 Å². The molecule has 1 aliphatic rings. The normalized spacial score (nSPS) is 13.0. The van der Waals surface area contributed by atoms with Crippen LogP contribution in [0, 0.1) is 0 Å². The number of amides is 1. The molecule has 122 valence electrons. The van der Waals surface area contributed by atoms with E-state index in [2.05, 4.69) is 25.4 Å². The lowest BCUT2D eigenvalue weighted by Crippen LogP contribution is -2.13. The summed E-state index contributed by atoms with van der Waals surface area (Å²) in [6.45, 7) is 2.76. The molecule has 1 amide bonds. The molecule has 0 saturated heterocycles. The molecule has 0 unspecified atom stereocenters. The number of hydrogen-bond acceptors (Lipinski definition) is 4. The van der Waals surface area contributed by atoms with Gasteiger partial charge in [0.2, 0.25) is 0 Å². The maximum atomic E-state index is 12.7. The molecule has 24 heavy (non-hydrogen) atoms. The zero-order chi connectivity index (χ0) is 16.5. The van der Waals surface area contributed by atoms with Gasteiger partial charge >= 0.3 is 0 Å². The zero-order valence-electron chi connectivity index (χ0n) is 13.4. The van der Waals surface area contributed by atoms with E-state index in [0.29, 0.717) is 11.4 Å². The predicted octanol–water partition coefficient (Wildman–Crippen LogP) is 2.43. The number of rotatable bonds is 3. The number of carbonyl (C=O) groups excluding carboxylic acids is 1. The lowest BCUT2D eigenvalue weighted by atomic mass is 10.0. The number of anilines is 1. The van der Waals surface area contributed by atoms with Crippen LogP contribution in [0.25, 0.3) is 11.3 Å². The van der Waals surface area contributed by atoms with Gasteiger partial charge in [0.05, 0.1) is 11.3 Å². The minimum Gasteiger partial charge on any atom is -0.364 e. The molecule has 0 bridgehead atoms. The molecule has 0 radical (unpaired) electrons. The highest BCUT2D eigenvalue weighted by Gasteiger charge is 2.24. The molecule has 0 spiro atoms. The summed E-state index contributed by atoms with van der Waals surface area (Å²) in [5.74, 6) is 0.369. The van der Waals surface area contributed by atoms with Gasteiger partial charge in [0.15, 0.2) is 5.82 Å². The standard InChI is InChI=1S/C17H18N6O/c1-2-23-7-6-14(22-23)21-17(24)12-9-19-13-5-3-4-11-8-18-10-20-16(11)15(12)13/h6-10,19H,2-5H2,1H3,(H,21,22,24). The first-order valence-corrected chi connectivity index (χ1v) is 8.10. The molecule has 7 nitrogen and oxygen atoms in total. The van der Waals surface area contributed by atoms with Crippen molar-refractivity contribution in [3.05, 3.63) is 47.8 Å². The Hall–Kier alpha value is -2.96. The third-order valence-corrected chi connectivity index (χ3v) is 4.31. The fourth-order valence-corrected chi connectivity index (χ4v) is 3.12. The van der Waals surface area contributed by atoms with Gasteiger partial charge in [0.25, 0.3) is 5.91 Å². The highest BCUT2D eigenvalue weighted by molar-refractivity contribution is 6.08. The minimum absolute atomic E-state index is 0.180. The van der Waals surface area contributed by atoms with Crippen molar-refractivity contribution in [2.45, 2.75) is 32.7 Å². The predicted molar refractivity (Wildman–Crippen MR) is 89.7 cm³/mol. The Kier molecular flexibility index (Phi) is 3.60. The maximum absolute atomic E-state index is 12.7. The van der Waals surface area contributed by atoms with E-state index in [-0.39, 0.29) is 5.91 Å². The van der Waals surface area contributed by atoms with Crippen LogP contribution in [0.2, 0.25) is 0 Å². The van der Waals surface area contributed by atoms with Gasteiger partial charge in [-0.25, -0.2) is 9.97 Å². The number of aryl methyl sites for hydroxylation is 3. The van der Waals surface area contributed by atoms with Crippen molar-refractivity contribution in [2.24, 2.45) is 0 Å². The van der Waals surface area contributed by atoms with E-state index in [1.165, 1.54) is 6.33 Å². The van der Waals surface area contributed by atoms with Crippen LogP contribution < -0.4 is 5.32 Å². The van der Waals surface area contributed by atoms with Crippen molar-refractivity contribution >= 4 is 11.7 Å². The molecule has 2 N–H and O–H groups in total. The molecule has 4 rings (SSSR count). The Labute approximate surface area is 139 Å². The minimum atomic E-state index is -0.180. The van der Waals surface area contributed by atoms with Crippen molar-refractivity contribution in [1.29, 1.82) is 0 Å². The van der Waals surface area contributed by atoms with Crippen LogP contribution >= 0.6 is 0 Å². The molecule has 1 aliphatic carbocycles. The lowest BCUT2D eigenvalue weighted by molar-refractivity contribution is 0.102. The van der Waals surface area contributed by atoms with E-state index in [9.17, 15) is 4.79 Å². The van der Waals surface area contributed by atoms with Crippen LogP contribution in [-0.4, -0.2) is 30.6 Å². The molecule has 0 atom stereocenters. The average Bonchev–Trinajstić information content (AvgIpc) is 3.18. The Morgan fingerprint density at radius 1 is 1.42 bits per heavy atom. The van der Waals surface area contributed by atoms with Crippen molar-refractivity contribution in [1.82, 2.24) is 24.7 Å². The van der Waals surface area contributed by atoms with E-state index in [1.807, 2.05) is 19.3 Å². The summed E-state index contributed by atoms with van der Waals surface area (Å²) in [5.41, 5.74) is 4.47. The highest BCUT2D eigenvalue weighted by atomic mass is 16.1. The van der Waals surface area contributed by atoms with E-state index in [0.717, 1.165) is 48.3 Å². The van der Waals surface area contributed by atoms with Crippen molar-refractivity contribution in [3.8, 4) is 11.3 Å². The molecule has 3 aromatic heterocycles. The van der Waals surface area contributed by atoms with Gasteiger partial charge in [-0.1, -0.05) is 0 Å². The van der Waals surface area contributed by atoms with Gasteiger partial charge in [-0.15, -0.1) is 0 Å². The molecule has 0 aromatic carbocycles. The molecular weight excluding hydrogens is 304 g/mol. The summed E-state index contributed by atoms with van der Waals surface area (Å²) < 4.78 is 1.77. The Morgan fingerprint density at radius 3 is 3.17 bits per heavy atom. The molecule has 0 fully saturated rings. The van der Waals surface area contributed by atoms with Gasteiger partial charge < -0.3 is 10.3 Å². The lowest BCUT2D eigenvalue weighted by Gasteiger charge is -2.07. The smallest absolute Gasteiger partial charge is 0.259 e. The fraction of sp³-hybridized carbons (Fsp3) is 0.294. The van der Waals surface area contributed by atoms with E-state index >= 15 is 0 Å². The van der Waals surface area contributed by atoms with Gasteiger partial charge in [0.1, 0.15) is 6.33 Å². The summed E-state index contributed by atoms with van der Waals surface area (Å²) in [6, 6.07) is 1.79. The van der Waals surface area contributed by atoms with Crippen LogP contribution in [0.15, 0.2) is 31.0 Å². The quantitative estimate of drug-likeness (QED) is 0.775. The number of fused-ring (bicyclic) bond motifs is 3. The number of hydrogen-bond donors (Lipinski definition) is 2. The summed E-state index contributed by atoms with van der Waals surface area (Å²) >= 11 is 0. The van der Waals surface area contributed by atoms with Gasteiger partial charge in [0, 0.05) is 42.5 Å². The van der Waals surface area contributed by atoms with E-state index < -0.39 is 0 Å². The second kappa shape index (κ2) is 5.92. The highest BCUT2D eigenvalue weighted by Crippen LogP contribution is 2.33. The first-order valence-electron chi connectivity index (χ1n) is 8.10. The second-order valence-corrected chi connectivity index (χ2v) is 5.82.